The van der Waals surface area contributed by atoms with Gasteiger partial charge >= 0.3 is 0 Å². The van der Waals surface area contributed by atoms with Crippen LogP contribution in [0.3, 0.4) is 0 Å². The molecular weight excluding hydrogens is 258 g/mol. The second-order valence-corrected chi connectivity index (χ2v) is 5.03. The van der Waals surface area contributed by atoms with Crippen LogP contribution in [0.15, 0.2) is 59.0 Å². The molecule has 0 spiro atoms. The Bertz CT molecular complexity index is 601. The number of rotatable bonds is 5. The van der Waals surface area contributed by atoms with Crippen LogP contribution in [0.1, 0.15) is 5.69 Å². The lowest BCUT2D eigenvalue weighted by Gasteiger charge is -2.05. The quantitative estimate of drug-likeness (QED) is 0.667. The van der Waals surface area contributed by atoms with Gasteiger partial charge in [0.25, 0.3) is 0 Å². The Kier molecular flexibility index (Phi) is 3.51. The zero-order chi connectivity index (χ0) is 12.9. The van der Waals surface area contributed by atoms with Crippen molar-refractivity contribution < 1.29 is 0 Å². The van der Waals surface area contributed by atoms with Crippen LogP contribution in [0.5, 0.6) is 0 Å². The molecular formula is C13H13N5S. The zero-order valence-electron chi connectivity index (χ0n) is 10.1. The van der Waals surface area contributed by atoms with Crippen LogP contribution in [0.25, 0.3) is 0 Å². The number of hydrogen-bond acceptors (Lipinski definition) is 4. The molecule has 0 saturated heterocycles. The second kappa shape index (κ2) is 5.62. The van der Waals surface area contributed by atoms with Crippen molar-refractivity contribution in [3.63, 3.8) is 0 Å². The molecule has 6 heteroatoms. The van der Waals surface area contributed by atoms with Gasteiger partial charge in [0.2, 0.25) is 0 Å². The van der Waals surface area contributed by atoms with Gasteiger partial charge in [-0.25, -0.2) is 4.98 Å². The largest absolute Gasteiger partial charge is 0.379 e. The lowest BCUT2D eigenvalue weighted by atomic mass is 10.3. The number of hydrogen-bond donors (Lipinski definition) is 3. The van der Waals surface area contributed by atoms with Gasteiger partial charge in [0.05, 0.1) is 6.54 Å². The first-order valence-electron chi connectivity index (χ1n) is 5.89. The van der Waals surface area contributed by atoms with Gasteiger partial charge in [-0.3, -0.25) is 5.10 Å². The van der Waals surface area contributed by atoms with Crippen LogP contribution >= 0.6 is 11.8 Å². The maximum atomic E-state index is 4.08. The molecule has 0 aliphatic rings. The lowest BCUT2D eigenvalue weighted by molar-refractivity contribution is 0.973. The number of aromatic nitrogens is 4. The minimum Gasteiger partial charge on any atom is -0.379 e. The molecule has 96 valence electrons. The molecule has 0 aliphatic heterocycles. The molecule has 0 atom stereocenters. The van der Waals surface area contributed by atoms with Gasteiger partial charge in [-0.2, -0.15) is 5.10 Å². The van der Waals surface area contributed by atoms with Crippen molar-refractivity contribution in [3.8, 4) is 0 Å². The van der Waals surface area contributed by atoms with Crippen LogP contribution in [-0.2, 0) is 6.54 Å². The molecule has 0 aliphatic carbocycles. The van der Waals surface area contributed by atoms with Crippen molar-refractivity contribution >= 4 is 17.4 Å². The summed E-state index contributed by atoms with van der Waals surface area (Å²) in [6, 6.07) is 12.3. The summed E-state index contributed by atoms with van der Waals surface area (Å²) in [4.78, 5) is 8.37. The minimum absolute atomic E-state index is 0.793. The van der Waals surface area contributed by atoms with E-state index in [1.165, 1.54) is 12.0 Å². The highest BCUT2D eigenvalue weighted by Crippen LogP contribution is 2.25. The third-order valence-electron chi connectivity index (χ3n) is 2.61. The molecule has 0 unspecified atom stereocenters. The number of benzene rings is 1. The van der Waals surface area contributed by atoms with Gasteiger partial charge in [0.1, 0.15) is 6.33 Å². The SMILES string of the molecule is c1c[nH]c(CNc2ccc(Sc3ncn[nH]3)cc2)c1. The Balaban J connectivity index is 1.59. The standard InChI is InChI=1S/C13H13N5S/c1-2-11(14-7-1)8-15-10-3-5-12(6-4-10)19-13-16-9-17-18-13/h1-7,9,14-15H,8H2,(H,16,17,18). The molecule has 3 rings (SSSR count). The van der Waals surface area contributed by atoms with E-state index < -0.39 is 0 Å². The summed E-state index contributed by atoms with van der Waals surface area (Å²) in [5.41, 5.74) is 2.26. The van der Waals surface area contributed by atoms with E-state index in [9.17, 15) is 0 Å². The molecule has 1 aromatic carbocycles. The van der Waals surface area contributed by atoms with Crippen LogP contribution in [0.2, 0.25) is 0 Å². The molecule has 3 aromatic rings. The van der Waals surface area contributed by atoms with Crippen LogP contribution in [-0.4, -0.2) is 20.2 Å². The average molecular weight is 271 g/mol. The summed E-state index contributed by atoms with van der Waals surface area (Å²) in [6.45, 7) is 0.793. The van der Waals surface area contributed by atoms with E-state index in [2.05, 4.69) is 55.8 Å². The van der Waals surface area contributed by atoms with Gasteiger partial charge in [-0.15, -0.1) is 0 Å². The van der Waals surface area contributed by atoms with Crippen LogP contribution in [0.4, 0.5) is 5.69 Å². The van der Waals surface area contributed by atoms with E-state index >= 15 is 0 Å². The highest BCUT2D eigenvalue weighted by molar-refractivity contribution is 7.99. The van der Waals surface area contributed by atoms with Gasteiger partial charge in [-0.05, 0) is 36.4 Å². The van der Waals surface area contributed by atoms with E-state index in [0.717, 1.165) is 22.3 Å². The fourth-order valence-electron chi connectivity index (χ4n) is 1.67. The zero-order valence-corrected chi connectivity index (χ0v) is 10.9. The van der Waals surface area contributed by atoms with Crippen LogP contribution < -0.4 is 5.32 Å². The predicted molar refractivity (Wildman–Crippen MR) is 75.1 cm³/mol. The Morgan fingerprint density at radius 2 is 2.05 bits per heavy atom. The fourth-order valence-corrected chi connectivity index (χ4v) is 2.36. The van der Waals surface area contributed by atoms with E-state index in [1.807, 2.05) is 12.3 Å². The van der Waals surface area contributed by atoms with Gasteiger partial charge in [0, 0.05) is 22.5 Å². The van der Waals surface area contributed by atoms with Crippen LogP contribution in [0, 0.1) is 0 Å². The topological polar surface area (TPSA) is 69.4 Å². The highest BCUT2D eigenvalue weighted by atomic mass is 32.2. The molecule has 0 bridgehead atoms. The molecule has 2 heterocycles. The fraction of sp³-hybridized carbons (Fsp3) is 0.0769. The number of aromatic amines is 2. The van der Waals surface area contributed by atoms with E-state index in [-0.39, 0.29) is 0 Å². The summed E-state index contributed by atoms with van der Waals surface area (Å²) in [5, 5.41) is 10.8. The molecule has 2 aromatic heterocycles. The Morgan fingerprint density at radius 3 is 2.74 bits per heavy atom. The molecule has 3 N–H and O–H groups in total. The first-order valence-corrected chi connectivity index (χ1v) is 6.71. The van der Waals surface area contributed by atoms with Crippen molar-refractivity contribution in [2.45, 2.75) is 16.6 Å². The number of nitrogens with one attached hydrogen (secondary N) is 3. The third kappa shape index (κ3) is 3.17. The Hall–Kier alpha value is -2.21. The van der Waals surface area contributed by atoms with Crippen molar-refractivity contribution in [1.82, 2.24) is 20.2 Å². The van der Waals surface area contributed by atoms with Crippen molar-refractivity contribution in [1.29, 1.82) is 0 Å². The van der Waals surface area contributed by atoms with E-state index in [1.54, 1.807) is 11.8 Å². The number of H-pyrrole nitrogens is 2. The predicted octanol–water partition coefficient (Wildman–Crippen LogP) is 2.90. The number of nitrogens with zero attached hydrogens (tertiary/aromatic N) is 2. The smallest absolute Gasteiger partial charge is 0.188 e. The molecule has 0 saturated carbocycles. The summed E-state index contributed by atoms with van der Waals surface area (Å²) >= 11 is 1.56. The minimum atomic E-state index is 0.793. The average Bonchev–Trinajstić information content (AvgIpc) is 3.11. The van der Waals surface area contributed by atoms with Gasteiger partial charge in [-0.1, -0.05) is 11.8 Å². The summed E-state index contributed by atoms with van der Waals surface area (Å²) < 4.78 is 0. The number of anilines is 1. The van der Waals surface area contributed by atoms with E-state index in [0.29, 0.717) is 0 Å². The van der Waals surface area contributed by atoms with E-state index in [4.69, 9.17) is 0 Å². The third-order valence-corrected chi connectivity index (χ3v) is 3.50. The molecule has 5 nitrogen and oxygen atoms in total. The molecule has 0 radical (unpaired) electrons. The van der Waals surface area contributed by atoms with Crippen molar-refractivity contribution in [3.05, 3.63) is 54.6 Å². The van der Waals surface area contributed by atoms with Crippen molar-refractivity contribution in [2.75, 3.05) is 5.32 Å². The Morgan fingerprint density at radius 1 is 1.16 bits per heavy atom. The summed E-state index contributed by atoms with van der Waals surface area (Å²) in [7, 11) is 0. The van der Waals surface area contributed by atoms with Crippen molar-refractivity contribution in [2.24, 2.45) is 0 Å². The second-order valence-electron chi connectivity index (χ2n) is 3.97. The lowest BCUT2D eigenvalue weighted by Crippen LogP contribution is -1.98. The first-order chi connectivity index (χ1) is 9.40. The summed E-state index contributed by atoms with van der Waals surface area (Å²) in [5.74, 6) is 0. The Labute approximate surface area is 114 Å². The molecule has 0 amide bonds. The molecule has 19 heavy (non-hydrogen) atoms. The maximum Gasteiger partial charge on any atom is 0.188 e. The summed E-state index contributed by atoms with van der Waals surface area (Å²) in [6.07, 6.45) is 3.43. The van der Waals surface area contributed by atoms with Gasteiger partial charge < -0.3 is 10.3 Å². The van der Waals surface area contributed by atoms with Gasteiger partial charge in [0.15, 0.2) is 5.16 Å². The maximum absolute atomic E-state index is 4.08. The first kappa shape index (κ1) is 11.9. The normalized spacial score (nSPS) is 10.5. The monoisotopic (exact) mass is 271 g/mol. The molecule has 0 fully saturated rings. The highest BCUT2D eigenvalue weighted by Gasteiger charge is 2.00.